The summed E-state index contributed by atoms with van der Waals surface area (Å²) < 4.78 is 36.9. The number of carbonyl (C=O) groups is 5. The summed E-state index contributed by atoms with van der Waals surface area (Å²) in [6.45, 7) is 6.38. The minimum absolute atomic E-state index is 0.0582. The average molecular weight is 893 g/mol. The van der Waals surface area contributed by atoms with E-state index in [0.29, 0.717) is 87.4 Å². The third kappa shape index (κ3) is 10.4. The van der Waals surface area contributed by atoms with Gasteiger partial charge in [0.2, 0.25) is 17.7 Å². The minimum atomic E-state index is -1.01. The summed E-state index contributed by atoms with van der Waals surface area (Å²) in [5.41, 5.74) is 4.99. The predicted molar refractivity (Wildman–Crippen MR) is 235 cm³/mol. The number of halogens is 1. The fraction of sp³-hybridized carbons (Fsp3) is 0.378. The number of carbonyl (C=O) groups excluding carboxylic acids is 5. The number of ether oxygens (including phenoxy) is 4. The molecule has 2 saturated heterocycles. The third-order valence-corrected chi connectivity index (χ3v) is 11.3. The zero-order chi connectivity index (χ0) is 45.3. The molecule has 1 atom stereocenters. The van der Waals surface area contributed by atoms with Crippen LogP contribution in [0, 0.1) is 5.82 Å². The maximum absolute atomic E-state index is 14.8. The van der Waals surface area contributed by atoms with Crippen LogP contribution in [0.4, 0.5) is 15.8 Å². The first-order chi connectivity index (χ1) is 31.7. The smallest absolute Gasteiger partial charge is 0.262 e. The van der Waals surface area contributed by atoms with Crippen molar-refractivity contribution >= 4 is 51.9 Å². The van der Waals surface area contributed by atoms with E-state index in [4.69, 9.17) is 18.9 Å². The first-order valence-corrected chi connectivity index (χ1v) is 21.4. The van der Waals surface area contributed by atoms with E-state index in [-0.39, 0.29) is 41.3 Å². The highest BCUT2D eigenvalue weighted by Crippen LogP contribution is 2.34. The monoisotopic (exact) mass is 892 g/mol. The van der Waals surface area contributed by atoms with Crippen LogP contribution in [0.2, 0.25) is 0 Å². The van der Waals surface area contributed by atoms with Crippen molar-refractivity contribution in [3.05, 3.63) is 83.8 Å². The van der Waals surface area contributed by atoms with Gasteiger partial charge in [0.25, 0.3) is 11.8 Å². The van der Waals surface area contributed by atoms with Crippen molar-refractivity contribution < 1.29 is 47.3 Å². The van der Waals surface area contributed by atoms with Gasteiger partial charge in [0.15, 0.2) is 5.82 Å². The number of hydrogen-bond donors (Lipinski definition) is 4. The number of rotatable bonds is 20. The summed E-state index contributed by atoms with van der Waals surface area (Å²) in [6, 6.07) is 16.4. The standard InChI is InChI=1S/C45H49FN10O9/c1-62-36-4-2-3-33(46)39(36)42-49-26-34-41(51-42)40(53-52-34)28-5-8-30(9-6-28)55-17-15-54(16-18-55)27-38(58)48-14-20-64-22-24-65-23-21-63-19-13-47-29-7-10-31-32(25-29)45(61)56(44(31)60)35-11-12-37(57)50-43(35)59/h2-10,25-26,35,47H,11-24,27H2,1H3,(H,48,58)(H,52,53)(H,50,57,59). The SMILES string of the molecule is COc1cccc(F)c1-c1ncc2[nH]nc(-c3ccc(N4CCN(CC(=O)NCCOCCOCCOCCNc5ccc6c(c5)C(=O)N(C5CCC(=O)NC5=O)C6=O)CC4)cc3)c2n1. The molecule has 19 nitrogen and oxygen atoms in total. The van der Waals surface area contributed by atoms with Crippen LogP contribution in [-0.2, 0) is 28.6 Å². The molecule has 2 fully saturated rings. The number of benzene rings is 3. The van der Waals surface area contributed by atoms with Crippen LogP contribution < -0.4 is 25.6 Å². The van der Waals surface area contributed by atoms with Crippen molar-refractivity contribution in [3.8, 4) is 28.4 Å². The molecule has 3 aromatic carbocycles. The van der Waals surface area contributed by atoms with Crippen LogP contribution in [0.1, 0.15) is 33.6 Å². The van der Waals surface area contributed by atoms with E-state index in [1.165, 1.54) is 13.2 Å². The number of anilines is 2. The molecule has 20 heteroatoms. The van der Waals surface area contributed by atoms with Gasteiger partial charge in [-0.1, -0.05) is 18.2 Å². The van der Waals surface area contributed by atoms with Gasteiger partial charge in [-0.25, -0.2) is 14.4 Å². The Morgan fingerprint density at radius 1 is 0.862 bits per heavy atom. The number of methoxy groups -OCH3 is 1. The van der Waals surface area contributed by atoms with Gasteiger partial charge in [0.1, 0.15) is 34.3 Å². The average Bonchev–Trinajstić information content (AvgIpc) is 3.84. The summed E-state index contributed by atoms with van der Waals surface area (Å²) in [5, 5.41) is 15.7. The molecule has 5 heterocycles. The van der Waals surface area contributed by atoms with Gasteiger partial charge in [-0.05, 0) is 48.9 Å². The summed E-state index contributed by atoms with van der Waals surface area (Å²) in [4.78, 5) is 76.6. The molecule has 0 aliphatic carbocycles. The maximum Gasteiger partial charge on any atom is 0.262 e. The molecular weight excluding hydrogens is 844 g/mol. The highest BCUT2D eigenvalue weighted by molar-refractivity contribution is 6.23. The van der Waals surface area contributed by atoms with E-state index >= 15 is 0 Å². The Hall–Kier alpha value is -6.87. The van der Waals surface area contributed by atoms with E-state index in [2.05, 4.69) is 45.9 Å². The van der Waals surface area contributed by atoms with E-state index in [1.807, 2.05) is 24.3 Å². The van der Waals surface area contributed by atoms with Crippen LogP contribution in [0.15, 0.2) is 66.9 Å². The van der Waals surface area contributed by atoms with Crippen molar-refractivity contribution in [2.24, 2.45) is 0 Å². The molecule has 8 rings (SSSR count). The van der Waals surface area contributed by atoms with Crippen molar-refractivity contribution in [3.63, 3.8) is 0 Å². The molecule has 0 spiro atoms. The number of imide groups is 2. The van der Waals surface area contributed by atoms with Gasteiger partial charge < -0.3 is 34.5 Å². The number of piperidine rings is 1. The summed E-state index contributed by atoms with van der Waals surface area (Å²) >= 11 is 0. The largest absolute Gasteiger partial charge is 0.496 e. The van der Waals surface area contributed by atoms with Gasteiger partial charge >= 0.3 is 0 Å². The van der Waals surface area contributed by atoms with Gasteiger partial charge in [0.05, 0.1) is 76.2 Å². The molecule has 0 saturated carbocycles. The highest BCUT2D eigenvalue weighted by Gasteiger charge is 2.44. The normalized spacial score (nSPS) is 16.6. The topological polar surface area (TPSA) is 223 Å². The predicted octanol–water partition coefficient (Wildman–Crippen LogP) is 2.64. The number of fused-ring (bicyclic) bond motifs is 2. The van der Waals surface area contributed by atoms with Gasteiger partial charge in [-0.3, -0.25) is 44.2 Å². The Labute approximate surface area is 372 Å². The lowest BCUT2D eigenvalue weighted by atomic mass is 10.0. The molecule has 5 amide bonds. The minimum Gasteiger partial charge on any atom is -0.496 e. The fourth-order valence-corrected chi connectivity index (χ4v) is 7.93. The van der Waals surface area contributed by atoms with Crippen molar-refractivity contribution in [1.82, 2.24) is 40.6 Å². The zero-order valence-electron chi connectivity index (χ0n) is 35.8. The van der Waals surface area contributed by atoms with Crippen LogP contribution >= 0.6 is 0 Å². The summed E-state index contributed by atoms with van der Waals surface area (Å²) in [6.07, 6.45) is 1.75. The number of nitrogens with zero attached hydrogens (tertiary/aromatic N) is 6. The van der Waals surface area contributed by atoms with E-state index in [0.717, 1.165) is 42.3 Å². The van der Waals surface area contributed by atoms with Gasteiger partial charge in [-0.15, -0.1) is 0 Å². The number of aromatic nitrogens is 4. The molecular formula is C45H49FN10O9. The quantitative estimate of drug-likeness (QED) is 0.0652. The summed E-state index contributed by atoms with van der Waals surface area (Å²) in [5.74, 6) is -2.16. The molecule has 1 unspecified atom stereocenters. The Morgan fingerprint density at radius 2 is 1.58 bits per heavy atom. The van der Waals surface area contributed by atoms with Crippen LogP contribution in [0.5, 0.6) is 5.75 Å². The van der Waals surface area contributed by atoms with Crippen LogP contribution in [0.25, 0.3) is 33.7 Å². The number of piperazine rings is 1. The van der Waals surface area contributed by atoms with Crippen molar-refractivity contribution in [1.29, 1.82) is 0 Å². The third-order valence-electron chi connectivity index (χ3n) is 11.3. The highest BCUT2D eigenvalue weighted by atomic mass is 19.1. The Kier molecular flexibility index (Phi) is 14.3. The molecule has 2 aromatic heterocycles. The Balaban J connectivity index is 0.657. The Morgan fingerprint density at radius 3 is 2.32 bits per heavy atom. The number of hydrogen-bond acceptors (Lipinski definition) is 15. The fourth-order valence-electron chi connectivity index (χ4n) is 7.93. The van der Waals surface area contributed by atoms with Crippen molar-refractivity contribution in [2.75, 3.05) is 103 Å². The van der Waals surface area contributed by atoms with E-state index in [9.17, 15) is 28.4 Å². The molecule has 3 aliphatic heterocycles. The van der Waals surface area contributed by atoms with Crippen LogP contribution in [0.3, 0.4) is 0 Å². The Bertz CT molecular complexity index is 2550. The van der Waals surface area contributed by atoms with Gasteiger partial charge in [0, 0.05) is 62.6 Å². The molecule has 4 N–H and O–H groups in total. The van der Waals surface area contributed by atoms with E-state index in [1.54, 1.807) is 36.5 Å². The number of aromatic amines is 1. The first kappa shape index (κ1) is 44.7. The number of amides is 5. The molecule has 5 aromatic rings. The zero-order valence-corrected chi connectivity index (χ0v) is 35.8. The molecule has 3 aliphatic rings. The maximum atomic E-state index is 14.8. The molecule has 0 radical (unpaired) electrons. The second-order valence-corrected chi connectivity index (χ2v) is 15.5. The number of nitrogens with one attached hydrogen (secondary N) is 4. The molecule has 65 heavy (non-hydrogen) atoms. The lowest BCUT2D eigenvalue weighted by Crippen LogP contribution is -2.54. The lowest BCUT2D eigenvalue weighted by molar-refractivity contribution is -0.136. The lowest BCUT2D eigenvalue weighted by Gasteiger charge is -2.35. The van der Waals surface area contributed by atoms with Crippen molar-refractivity contribution in [2.45, 2.75) is 18.9 Å². The van der Waals surface area contributed by atoms with Crippen LogP contribution in [-0.4, -0.2) is 158 Å². The molecule has 0 bridgehead atoms. The number of H-pyrrole nitrogens is 1. The second-order valence-electron chi connectivity index (χ2n) is 15.5. The second kappa shape index (κ2) is 20.8. The first-order valence-electron chi connectivity index (χ1n) is 21.4. The van der Waals surface area contributed by atoms with Gasteiger partial charge in [-0.2, -0.15) is 5.10 Å². The summed E-state index contributed by atoms with van der Waals surface area (Å²) in [7, 11) is 1.48. The molecule has 340 valence electrons. The van der Waals surface area contributed by atoms with E-state index < -0.39 is 35.5 Å².